The summed E-state index contributed by atoms with van der Waals surface area (Å²) in [6, 6.07) is 3.10. The summed E-state index contributed by atoms with van der Waals surface area (Å²) in [7, 11) is 3.12. The van der Waals surface area contributed by atoms with Crippen molar-refractivity contribution in [2.75, 3.05) is 14.2 Å². The van der Waals surface area contributed by atoms with Gasteiger partial charge in [-0.2, -0.15) is 0 Å². The molecule has 0 amide bonds. The zero-order valence-corrected chi connectivity index (χ0v) is 8.74. The number of hydrogen-bond donors (Lipinski definition) is 1. The number of rotatable bonds is 2. The zero-order valence-electron chi connectivity index (χ0n) is 8.74. The van der Waals surface area contributed by atoms with E-state index in [0.717, 1.165) is 5.56 Å². The maximum absolute atomic E-state index is 11.6. The molecular weight excluding hydrogens is 194 g/mol. The van der Waals surface area contributed by atoms with Gasteiger partial charge in [-0.1, -0.05) is 0 Å². The highest BCUT2D eigenvalue weighted by Gasteiger charge is 2.29. The third-order valence-corrected chi connectivity index (χ3v) is 2.65. The number of methoxy groups -OCH3 is 2. The molecule has 15 heavy (non-hydrogen) atoms. The first-order valence-corrected chi connectivity index (χ1v) is 4.72. The van der Waals surface area contributed by atoms with Gasteiger partial charge in [0.1, 0.15) is 0 Å². The van der Waals surface area contributed by atoms with Crippen LogP contribution in [0.15, 0.2) is 12.1 Å². The number of carbonyl (C=O) groups is 1. The number of Topliss-reactive ketones (excluding diaryl/α,β-unsaturated/α-hetero) is 1. The Labute approximate surface area is 88.0 Å². The SMILES string of the molecule is COc1cc2c(cc1OC)C(=O)C(N)C2. The predicted molar refractivity (Wildman–Crippen MR) is 55.6 cm³/mol. The largest absolute Gasteiger partial charge is 0.493 e. The minimum absolute atomic E-state index is 0.0223. The molecule has 0 heterocycles. The molecular formula is C11H13NO3. The second kappa shape index (κ2) is 3.55. The molecule has 2 N–H and O–H groups in total. The Hall–Kier alpha value is -1.55. The van der Waals surface area contributed by atoms with E-state index in [1.165, 1.54) is 0 Å². The molecule has 0 saturated heterocycles. The van der Waals surface area contributed by atoms with E-state index < -0.39 is 6.04 Å². The molecule has 0 fully saturated rings. The molecule has 0 aromatic heterocycles. The molecule has 0 saturated carbocycles. The predicted octanol–water partition coefficient (Wildman–Crippen LogP) is 0.770. The average molecular weight is 207 g/mol. The third-order valence-electron chi connectivity index (χ3n) is 2.65. The summed E-state index contributed by atoms with van der Waals surface area (Å²) in [5, 5.41) is 0. The van der Waals surface area contributed by atoms with E-state index in [1.54, 1.807) is 20.3 Å². The van der Waals surface area contributed by atoms with Gasteiger partial charge in [-0.25, -0.2) is 0 Å². The summed E-state index contributed by atoms with van der Waals surface area (Å²) >= 11 is 0. The van der Waals surface area contributed by atoms with Crippen LogP contribution in [0.1, 0.15) is 15.9 Å². The second-order valence-electron chi connectivity index (χ2n) is 3.54. The molecule has 4 nitrogen and oxygen atoms in total. The zero-order chi connectivity index (χ0) is 11.0. The van der Waals surface area contributed by atoms with Gasteiger partial charge in [0.25, 0.3) is 0 Å². The number of fused-ring (bicyclic) bond motifs is 1. The molecule has 1 aliphatic rings. The van der Waals surface area contributed by atoms with Crippen molar-refractivity contribution in [2.24, 2.45) is 5.73 Å². The van der Waals surface area contributed by atoms with Gasteiger partial charge in [0.05, 0.1) is 20.3 Å². The number of hydrogen-bond acceptors (Lipinski definition) is 4. The average Bonchev–Trinajstić information content (AvgIpc) is 2.53. The lowest BCUT2D eigenvalue weighted by atomic mass is 10.1. The summed E-state index contributed by atoms with van der Waals surface area (Å²) < 4.78 is 10.3. The minimum atomic E-state index is -0.420. The smallest absolute Gasteiger partial charge is 0.180 e. The highest BCUT2D eigenvalue weighted by molar-refractivity contribution is 6.05. The number of nitrogens with two attached hydrogens (primary N) is 1. The van der Waals surface area contributed by atoms with E-state index in [4.69, 9.17) is 15.2 Å². The lowest BCUT2D eigenvalue weighted by Crippen LogP contribution is -2.26. The Kier molecular flexibility index (Phi) is 2.36. The number of carbonyl (C=O) groups excluding carboxylic acids is 1. The van der Waals surface area contributed by atoms with E-state index in [9.17, 15) is 4.79 Å². The van der Waals surface area contributed by atoms with Crippen LogP contribution in [0.5, 0.6) is 11.5 Å². The molecule has 1 unspecified atom stereocenters. The van der Waals surface area contributed by atoms with Crippen molar-refractivity contribution in [1.29, 1.82) is 0 Å². The van der Waals surface area contributed by atoms with Gasteiger partial charge in [0.15, 0.2) is 17.3 Å². The fourth-order valence-corrected chi connectivity index (χ4v) is 1.85. The van der Waals surface area contributed by atoms with E-state index in [1.807, 2.05) is 6.07 Å². The van der Waals surface area contributed by atoms with Crippen LogP contribution < -0.4 is 15.2 Å². The van der Waals surface area contributed by atoms with Crippen molar-refractivity contribution in [1.82, 2.24) is 0 Å². The van der Waals surface area contributed by atoms with Crippen LogP contribution in [0.25, 0.3) is 0 Å². The second-order valence-corrected chi connectivity index (χ2v) is 3.54. The monoisotopic (exact) mass is 207 g/mol. The first kappa shape index (κ1) is 9.98. The molecule has 1 aliphatic carbocycles. The summed E-state index contributed by atoms with van der Waals surface area (Å²) in [4.78, 5) is 11.6. The van der Waals surface area contributed by atoms with Crippen LogP contribution in [-0.4, -0.2) is 26.0 Å². The highest BCUT2D eigenvalue weighted by atomic mass is 16.5. The molecule has 2 rings (SSSR count). The fourth-order valence-electron chi connectivity index (χ4n) is 1.85. The first-order valence-electron chi connectivity index (χ1n) is 4.72. The maximum Gasteiger partial charge on any atom is 0.180 e. The van der Waals surface area contributed by atoms with Crippen molar-refractivity contribution in [3.63, 3.8) is 0 Å². The molecule has 80 valence electrons. The van der Waals surface area contributed by atoms with Crippen LogP contribution in [0, 0.1) is 0 Å². The van der Waals surface area contributed by atoms with Crippen molar-refractivity contribution in [3.05, 3.63) is 23.3 Å². The number of ether oxygens (including phenoxy) is 2. The van der Waals surface area contributed by atoms with Gasteiger partial charge in [-0.3, -0.25) is 4.79 Å². The van der Waals surface area contributed by atoms with Crippen molar-refractivity contribution < 1.29 is 14.3 Å². The molecule has 4 heteroatoms. The van der Waals surface area contributed by atoms with Gasteiger partial charge in [0, 0.05) is 5.56 Å². The molecule has 1 atom stereocenters. The summed E-state index contributed by atoms with van der Waals surface area (Å²) in [6.45, 7) is 0. The number of ketones is 1. The highest BCUT2D eigenvalue weighted by Crippen LogP contribution is 2.34. The van der Waals surface area contributed by atoms with E-state index >= 15 is 0 Å². The topological polar surface area (TPSA) is 61.5 Å². The molecule has 1 aromatic carbocycles. The first-order chi connectivity index (χ1) is 7.17. The van der Waals surface area contributed by atoms with Crippen molar-refractivity contribution in [2.45, 2.75) is 12.5 Å². The molecule has 0 bridgehead atoms. The maximum atomic E-state index is 11.6. The molecule has 0 spiro atoms. The van der Waals surface area contributed by atoms with Crippen LogP contribution in [0.3, 0.4) is 0 Å². The number of benzene rings is 1. The van der Waals surface area contributed by atoms with E-state index in [-0.39, 0.29) is 5.78 Å². The quantitative estimate of drug-likeness (QED) is 0.778. The Morgan fingerprint density at radius 3 is 2.47 bits per heavy atom. The van der Waals surface area contributed by atoms with Crippen LogP contribution >= 0.6 is 0 Å². The van der Waals surface area contributed by atoms with Gasteiger partial charge in [-0.15, -0.1) is 0 Å². The van der Waals surface area contributed by atoms with E-state index in [0.29, 0.717) is 23.5 Å². The Morgan fingerprint density at radius 1 is 1.27 bits per heavy atom. The van der Waals surface area contributed by atoms with Gasteiger partial charge in [-0.05, 0) is 24.1 Å². The fraction of sp³-hybridized carbons (Fsp3) is 0.364. The summed E-state index contributed by atoms with van der Waals surface area (Å²) in [5.74, 6) is 1.18. The van der Waals surface area contributed by atoms with Crippen molar-refractivity contribution >= 4 is 5.78 Å². The minimum Gasteiger partial charge on any atom is -0.493 e. The van der Waals surface area contributed by atoms with Gasteiger partial charge < -0.3 is 15.2 Å². The van der Waals surface area contributed by atoms with Crippen LogP contribution in [0.4, 0.5) is 0 Å². The Bertz CT molecular complexity index is 415. The van der Waals surface area contributed by atoms with Crippen LogP contribution in [0.2, 0.25) is 0 Å². The third kappa shape index (κ3) is 1.47. The van der Waals surface area contributed by atoms with E-state index in [2.05, 4.69) is 0 Å². The standard InChI is InChI=1S/C11H13NO3/c1-14-9-4-6-3-8(12)11(13)7(6)5-10(9)15-2/h4-5,8H,3,12H2,1-2H3. The molecule has 1 aromatic rings. The molecule has 0 radical (unpaired) electrons. The molecule has 0 aliphatic heterocycles. The normalized spacial score (nSPS) is 18.9. The lowest BCUT2D eigenvalue weighted by molar-refractivity contribution is 0.0974. The summed E-state index contributed by atoms with van der Waals surface area (Å²) in [5.41, 5.74) is 7.27. The summed E-state index contributed by atoms with van der Waals surface area (Å²) in [6.07, 6.45) is 0.578. The van der Waals surface area contributed by atoms with Gasteiger partial charge in [0.2, 0.25) is 0 Å². The van der Waals surface area contributed by atoms with Crippen LogP contribution in [-0.2, 0) is 6.42 Å². The Balaban J connectivity index is 2.53. The van der Waals surface area contributed by atoms with Crippen molar-refractivity contribution in [3.8, 4) is 11.5 Å². The van der Waals surface area contributed by atoms with Gasteiger partial charge >= 0.3 is 0 Å². The Morgan fingerprint density at radius 2 is 1.87 bits per heavy atom. The lowest BCUT2D eigenvalue weighted by Gasteiger charge is -2.09.